The Morgan fingerprint density at radius 1 is 1.10 bits per heavy atom. The van der Waals surface area contributed by atoms with Crippen LogP contribution >= 0.6 is 0 Å². The van der Waals surface area contributed by atoms with Gasteiger partial charge in [-0.25, -0.2) is 4.79 Å². The minimum absolute atomic E-state index is 0.0798. The van der Waals surface area contributed by atoms with E-state index in [1.165, 1.54) is 5.56 Å². The molecule has 1 atom stereocenters. The van der Waals surface area contributed by atoms with Crippen molar-refractivity contribution in [2.75, 3.05) is 39.4 Å². The lowest BCUT2D eigenvalue weighted by Crippen LogP contribution is -2.58. The van der Waals surface area contributed by atoms with Gasteiger partial charge >= 0.3 is 6.09 Å². The summed E-state index contributed by atoms with van der Waals surface area (Å²) in [4.78, 5) is 21.4. The van der Waals surface area contributed by atoms with Gasteiger partial charge in [0.1, 0.15) is 5.75 Å². The summed E-state index contributed by atoms with van der Waals surface area (Å²) in [6.45, 7) is 6.26. The number of benzene rings is 1. The summed E-state index contributed by atoms with van der Waals surface area (Å²) in [5.74, 6) is 0.575. The van der Waals surface area contributed by atoms with Gasteiger partial charge in [0.05, 0.1) is 11.2 Å². The fraction of sp³-hybridized carbons (Fsp3) is 0.478. The Labute approximate surface area is 177 Å². The second-order valence-corrected chi connectivity index (χ2v) is 8.06. The standard InChI is InChI=1S/C23H30N4O3/c1-18(24)21-8-7-19(17-25-21)23(9-15-29-16-10-23)27-13-11-26(12-14-27)22(28)30-20-5-3-2-4-6-20/h2-8,17-18H,9-16,24H2,1H3/t18-/m0/s1. The molecule has 2 N–H and O–H groups in total. The Balaban J connectivity index is 1.45. The number of carbonyl (C=O) groups excluding carboxylic acids is 1. The van der Waals surface area contributed by atoms with Crippen LogP contribution in [0.2, 0.25) is 0 Å². The summed E-state index contributed by atoms with van der Waals surface area (Å²) in [5.41, 5.74) is 7.96. The van der Waals surface area contributed by atoms with Gasteiger partial charge in [-0.15, -0.1) is 0 Å². The van der Waals surface area contributed by atoms with E-state index in [2.05, 4.69) is 16.0 Å². The summed E-state index contributed by atoms with van der Waals surface area (Å²) in [7, 11) is 0. The number of aromatic nitrogens is 1. The number of nitrogens with two attached hydrogens (primary N) is 1. The summed E-state index contributed by atoms with van der Waals surface area (Å²) < 4.78 is 11.2. The molecule has 0 aliphatic carbocycles. The van der Waals surface area contributed by atoms with Crippen LogP contribution in [0.25, 0.3) is 0 Å². The molecule has 2 saturated heterocycles. The number of ether oxygens (including phenoxy) is 2. The smallest absolute Gasteiger partial charge is 0.410 e. The van der Waals surface area contributed by atoms with Crippen LogP contribution in [-0.4, -0.2) is 60.3 Å². The van der Waals surface area contributed by atoms with E-state index in [0.29, 0.717) is 18.8 Å². The molecule has 0 bridgehead atoms. The van der Waals surface area contributed by atoms with Crippen LogP contribution in [0.15, 0.2) is 48.7 Å². The van der Waals surface area contributed by atoms with Crippen molar-refractivity contribution in [3.63, 3.8) is 0 Å². The molecule has 3 heterocycles. The first-order chi connectivity index (χ1) is 14.6. The number of rotatable bonds is 4. The first-order valence-electron chi connectivity index (χ1n) is 10.7. The third-order valence-corrected chi connectivity index (χ3v) is 6.20. The number of piperazine rings is 1. The molecule has 7 heteroatoms. The van der Waals surface area contributed by atoms with Gasteiger partial charge in [-0.3, -0.25) is 9.88 Å². The lowest BCUT2D eigenvalue weighted by atomic mass is 9.81. The van der Waals surface area contributed by atoms with Crippen LogP contribution in [0.3, 0.4) is 0 Å². The Hall–Kier alpha value is -2.48. The molecule has 2 aliphatic rings. The first kappa shape index (κ1) is 20.8. The molecule has 0 saturated carbocycles. The van der Waals surface area contributed by atoms with Crippen molar-refractivity contribution < 1.29 is 14.3 Å². The van der Waals surface area contributed by atoms with Gasteiger partial charge in [-0.1, -0.05) is 24.3 Å². The molecule has 2 fully saturated rings. The molecule has 160 valence electrons. The fourth-order valence-corrected chi connectivity index (χ4v) is 4.42. The number of para-hydroxylation sites is 1. The van der Waals surface area contributed by atoms with Crippen LogP contribution in [0.4, 0.5) is 4.79 Å². The summed E-state index contributed by atoms with van der Waals surface area (Å²) >= 11 is 0. The Kier molecular flexibility index (Phi) is 6.32. The van der Waals surface area contributed by atoms with Gasteiger partial charge in [0.25, 0.3) is 0 Å². The molecule has 0 unspecified atom stereocenters. The largest absolute Gasteiger partial charge is 0.415 e. The average Bonchev–Trinajstić information content (AvgIpc) is 2.80. The van der Waals surface area contributed by atoms with E-state index in [1.54, 1.807) is 17.0 Å². The molecule has 0 radical (unpaired) electrons. The van der Waals surface area contributed by atoms with Crippen molar-refractivity contribution in [3.05, 3.63) is 59.9 Å². The van der Waals surface area contributed by atoms with E-state index in [-0.39, 0.29) is 17.7 Å². The molecular weight excluding hydrogens is 380 g/mol. The van der Waals surface area contributed by atoms with Crippen molar-refractivity contribution in [1.29, 1.82) is 0 Å². The van der Waals surface area contributed by atoms with Gasteiger partial charge in [0, 0.05) is 51.6 Å². The van der Waals surface area contributed by atoms with Gasteiger partial charge < -0.3 is 20.1 Å². The number of hydrogen-bond donors (Lipinski definition) is 1. The van der Waals surface area contributed by atoms with Crippen LogP contribution in [0.5, 0.6) is 5.75 Å². The van der Waals surface area contributed by atoms with Crippen molar-refractivity contribution in [1.82, 2.24) is 14.8 Å². The van der Waals surface area contributed by atoms with E-state index < -0.39 is 0 Å². The highest BCUT2D eigenvalue weighted by atomic mass is 16.6. The van der Waals surface area contributed by atoms with Crippen LogP contribution < -0.4 is 10.5 Å². The third kappa shape index (κ3) is 4.33. The Morgan fingerprint density at radius 2 is 1.80 bits per heavy atom. The van der Waals surface area contributed by atoms with E-state index in [9.17, 15) is 4.79 Å². The minimum Gasteiger partial charge on any atom is -0.410 e. The van der Waals surface area contributed by atoms with E-state index in [1.807, 2.05) is 37.4 Å². The minimum atomic E-state index is -0.287. The topological polar surface area (TPSA) is 80.9 Å². The predicted molar refractivity (Wildman–Crippen MR) is 114 cm³/mol. The lowest BCUT2D eigenvalue weighted by Gasteiger charge is -2.49. The SMILES string of the molecule is C[C@H](N)c1ccc(C2(N3CCN(C(=O)Oc4ccccc4)CC3)CCOCC2)cn1. The molecule has 2 aromatic rings. The summed E-state index contributed by atoms with van der Waals surface area (Å²) in [6.07, 6.45) is 3.52. The normalized spacial score (nSPS) is 20.5. The molecule has 7 nitrogen and oxygen atoms in total. The van der Waals surface area contributed by atoms with Crippen LogP contribution in [0, 0.1) is 0 Å². The third-order valence-electron chi connectivity index (χ3n) is 6.20. The van der Waals surface area contributed by atoms with Crippen LogP contribution in [-0.2, 0) is 10.3 Å². The zero-order chi connectivity index (χ0) is 21.0. The number of hydrogen-bond acceptors (Lipinski definition) is 6. The summed E-state index contributed by atoms with van der Waals surface area (Å²) in [6, 6.07) is 13.3. The highest BCUT2D eigenvalue weighted by Crippen LogP contribution is 2.39. The van der Waals surface area contributed by atoms with E-state index in [0.717, 1.165) is 44.8 Å². The van der Waals surface area contributed by atoms with Gasteiger partial charge in [-0.2, -0.15) is 0 Å². The lowest BCUT2D eigenvalue weighted by molar-refractivity contribution is -0.0485. The number of pyridine rings is 1. The molecule has 2 aliphatic heterocycles. The maximum Gasteiger partial charge on any atom is 0.415 e. The van der Waals surface area contributed by atoms with Gasteiger partial charge in [0.2, 0.25) is 0 Å². The highest BCUT2D eigenvalue weighted by Gasteiger charge is 2.42. The highest BCUT2D eigenvalue weighted by molar-refractivity contribution is 5.70. The van der Waals surface area contributed by atoms with Crippen molar-refractivity contribution >= 4 is 6.09 Å². The Morgan fingerprint density at radius 3 is 2.40 bits per heavy atom. The molecule has 1 aromatic heterocycles. The molecular formula is C23H30N4O3. The van der Waals surface area contributed by atoms with E-state index >= 15 is 0 Å². The van der Waals surface area contributed by atoms with Gasteiger partial charge in [-0.05, 0) is 43.5 Å². The fourth-order valence-electron chi connectivity index (χ4n) is 4.42. The van der Waals surface area contributed by atoms with Crippen molar-refractivity contribution in [2.24, 2.45) is 5.73 Å². The molecule has 1 amide bonds. The second-order valence-electron chi connectivity index (χ2n) is 8.06. The summed E-state index contributed by atoms with van der Waals surface area (Å²) in [5, 5.41) is 0. The average molecular weight is 411 g/mol. The van der Waals surface area contributed by atoms with Crippen molar-refractivity contribution in [2.45, 2.75) is 31.3 Å². The predicted octanol–water partition coefficient (Wildman–Crippen LogP) is 2.92. The molecule has 4 rings (SSSR count). The van der Waals surface area contributed by atoms with Gasteiger partial charge in [0.15, 0.2) is 0 Å². The first-order valence-corrected chi connectivity index (χ1v) is 10.7. The maximum absolute atomic E-state index is 12.5. The van der Waals surface area contributed by atoms with E-state index in [4.69, 9.17) is 15.2 Å². The molecule has 1 aromatic carbocycles. The second kappa shape index (κ2) is 9.12. The zero-order valence-electron chi connectivity index (χ0n) is 17.5. The molecule has 0 spiro atoms. The Bertz CT molecular complexity index is 827. The number of carbonyl (C=O) groups is 1. The monoisotopic (exact) mass is 410 g/mol. The maximum atomic E-state index is 12.5. The number of amides is 1. The number of nitrogens with zero attached hydrogens (tertiary/aromatic N) is 3. The molecule has 30 heavy (non-hydrogen) atoms. The van der Waals surface area contributed by atoms with Crippen molar-refractivity contribution in [3.8, 4) is 5.75 Å². The van der Waals surface area contributed by atoms with Crippen LogP contribution in [0.1, 0.15) is 37.1 Å². The quantitative estimate of drug-likeness (QED) is 0.835. The zero-order valence-corrected chi connectivity index (χ0v) is 17.5.